The third-order valence-corrected chi connectivity index (χ3v) is 5.68. The zero-order valence-corrected chi connectivity index (χ0v) is 15.6. The summed E-state index contributed by atoms with van der Waals surface area (Å²) in [5.74, 6) is -0.903. The molecule has 0 unspecified atom stereocenters. The number of rotatable bonds is 7. The Balaban J connectivity index is 2.15. The van der Waals surface area contributed by atoms with Crippen LogP contribution in [0, 0.1) is 0 Å². The smallest absolute Gasteiger partial charge is 0.255 e. The average molecular weight is 374 g/mol. The number of hydrogen-bond acceptors (Lipinski definition) is 4. The van der Waals surface area contributed by atoms with Crippen LogP contribution in [0.25, 0.3) is 0 Å². The minimum Gasteiger partial charge on any atom is -0.332 e. The van der Waals surface area contributed by atoms with Crippen molar-refractivity contribution in [2.45, 2.75) is 18.2 Å². The van der Waals surface area contributed by atoms with Gasteiger partial charge in [-0.1, -0.05) is 37.3 Å². The molecule has 7 heteroatoms. The van der Waals surface area contributed by atoms with Crippen molar-refractivity contribution in [3.8, 4) is 0 Å². The molecule has 0 bridgehead atoms. The third-order valence-electron chi connectivity index (χ3n) is 3.71. The molecule has 0 aromatic heterocycles. The van der Waals surface area contributed by atoms with E-state index in [0.29, 0.717) is 12.1 Å². The Morgan fingerprint density at radius 3 is 2.27 bits per heavy atom. The molecule has 6 nitrogen and oxygen atoms in total. The predicted octanol–water partition coefficient (Wildman–Crippen LogP) is 2.58. The number of carbonyl (C=O) groups excluding carboxylic acids is 2. The summed E-state index contributed by atoms with van der Waals surface area (Å²) < 4.78 is 24.8. The number of hydrogen-bond donors (Lipinski definition) is 1. The van der Waals surface area contributed by atoms with Crippen molar-refractivity contribution in [2.24, 2.45) is 0 Å². The third kappa shape index (κ3) is 4.92. The summed E-state index contributed by atoms with van der Waals surface area (Å²) in [6.45, 7) is 1.58. The van der Waals surface area contributed by atoms with Gasteiger partial charge < -0.3 is 10.2 Å². The van der Waals surface area contributed by atoms with E-state index in [1.807, 2.05) is 6.07 Å². The van der Waals surface area contributed by atoms with E-state index in [1.54, 1.807) is 43.3 Å². The van der Waals surface area contributed by atoms with Gasteiger partial charge in [0.15, 0.2) is 9.84 Å². The lowest BCUT2D eigenvalue weighted by molar-refractivity contribution is -0.116. The molecule has 2 rings (SSSR count). The summed E-state index contributed by atoms with van der Waals surface area (Å²) in [5, 5.41) is 2.69. The summed E-state index contributed by atoms with van der Waals surface area (Å²) in [7, 11) is -2.08. The number of carbonyl (C=O) groups is 2. The summed E-state index contributed by atoms with van der Waals surface area (Å²) >= 11 is 0. The molecular weight excluding hydrogens is 352 g/mol. The monoisotopic (exact) mass is 374 g/mol. The molecule has 0 aliphatic heterocycles. The van der Waals surface area contributed by atoms with Crippen LogP contribution < -0.4 is 5.32 Å². The van der Waals surface area contributed by atoms with Crippen molar-refractivity contribution >= 4 is 27.3 Å². The van der Waals surface area contributed by atoms with E-state index < -0.39 is 15.7 Å². The fourth-order valence-corrected chi connectivity index (χ4v) is 4.04. The van der Waals surface area contributed by atoms with E-state index >= 15 is 0 Å². The number of likely N-dealkylation sites (N-methyl/N-ethyl adjacent to an activating group) is 1. The Labute approximate surface area is 153 Å². The van der Waals surface area contributed by atoms with E-state index in [1.165, 1.54) is 24.1 Å². The molecule has 1 N–H and O–H groups in total. The van der Waals surface area contributed by atoms with E-state index in [9.17, 15) is 18.0 Å². The van der Waals surface area contributed by atoms with Crippen LogP contribution >= 0.6 is 0 Å². The summed E-state index contributed by atoms with van der Waals surface area (Å²) in [6.07, 6.45) is 0.459. The number of amides is 2. The lowest BCUT2D eigenvalue weighted by atomic mass is 10.2. The molecule has 2 amide bonds. The van der Waals surface area contributed by atoms with Gasteiger partial charge in [-0.15, -0.1) is 0 Å². The van der Waals surface area contributed by atoms with Gasteiger partial charge in [-0.25, -0.2) is 8.42 Å². The number of sulfone groups is 1. The van der Waals surface area contributed by atoms with Crippen LogP contribution in [0.3, 0.4) is 0 Å². The average Bonchev–Trinajstić information content (AvgIpc) is 2.61. The highest BCUT2D eigenvalue weighted by molar-refractivity contribution is 7.91. The minimum absolute atomic E-state index is 0.00201. The Bertz CT molecular complexity index is 879. The van der Waals surface area contributed by atoms with E-state index in [2.05, 4.69) is 5.32 Å². The molecule has 0 radical (unpaired) electrons. The normalized spacial score (nSPS) is 11.0. The second-order valence-electron chi connectivity index (χ2n) is 5.89. The lowest BCUT2D eigenvalue weighted by Gasteiger charge is -2.18. The number of nitrogens with one attached hydrogen (secondary N) is 1. The minimum atomic E-state index is -3.54. The molecule has 0 atom stereocenters. The van der Waals surface area contributed by atoms with Crippen molar-refractivity contribution in [3.05, 3.63) is 60.2 Å². The molecule has 0 aliphatic carbocycles. The van der Waals surface area contributed by atoms with Gasteiger partial charge in [-0.2, -0.15) is 0 Å². The molecule has 2 aromatic carbocycles. The molecule has 0 fully saturated rings. The van der Waals surface area contributed by atoms with Gasteiger partial charge in [0.2, 0.25) is 5.91 Å². The molecule has 0 spiro atoms. The van der Waals surface area contributed by atoms with E-state index in [0.717, 1.165) is 0 Å². The maximum Gasteiger partial charge on any atom is 0.255 e. The van der Waals surface area contributed by atoms with Crippen LogP contribution in [0.4, 0.5) is 5.69 Å². The van der Waals surface area contributed by atoms with Crippen molar-refractivity contribution in [2.75, 3.05) is 24.7 Å². The molecule has 0 saturated carbocycles. The van der Waals surface area contributed by atoms with Crippen molar-refractivity contribution in [1.82, 2.24) is 4.90 Å². The van der Waals surface area contributed by atoms with Gasteiger partial charge >= 0.3 is 0 Å². The first-order valence-corrected chi connectivity index (χ1v) is 9.92. The van der Waals surface area contributed by atoms with Crippen molar-refractivity contribution in [1.29, 1.82) is 0 Å². The Kier molecular flexibility index (Phi) is 6.52. The Morgan fingerprint density at radius 2 is 1.62 bits per heavy atom. The number of benzene rings is 2. The Morgan fingerprint density at radius 1 is 1.00 bits per heavy atom. The fraction of sp³-hybridized carbons (Fsp3) is 0.263. The molecule has 0 aliphatic rings. The van der Waals surface area contributed by atoms with Gasteiger partial charge in [0, 0.05) is 12.7 Å². The quantitative estimate of drug-likeness (QED) is 0.807. The van der Waals surface area contributed by atoms with Crippen LogP contribution in [0.1, 0.15) is 23.7 Å². The molecule has 0 saturated heterocycles. The summed E-state index contributed by atoms with van der Waals surface area (Å²) in [4.78, 5) is 26.0. The number of anilines is 1. The molecule has 138 valence electrons. The SMILES string of the molecule is CCCS(=O)(=O)c1ccccc1C(=O)N(C)CC(=O)Nc1ccccc1. The summed E-state index contributed by atoms with van der Waals surface area (Å²) in [5.41, 5.74) is 0.709. The number of para-hydroxylation sites is 1. The van der Waals surface area contributed by atoms with Gasteiger partial charge in [-0.05, 0) is 30.7 Å². The van der Waals surface area contributed by atoms with Crippen LogP contribution in [-0.2, 0) is 14.6 Å². The predicted molar refractivity (Wildman–Crippen MR) is 101 cm³/mol. The standard InChI is InChI=1S/C19H22N2O4S/c1-3-13-26(24,25)17-12-8-7-11-16(17)19(23)21(2)14-18(22)20-15-9-5-4-6-10-15/h4-12H,3,13-14H2,1-2H3,(H,20,22). The molecule has 2 aromatic rings. The lowest BCUT2D eigenvalue weighted by Crippen LogP contribution is -2.35. The second-order valence-corrected chi connectivity index (χ2v) is 7.97. The Hall–Kier alpha value is -2.67. The molecule has 26 heavy (non-hydrogen) atoms. The summed E-state index contributed by atoms with van der Waals surface area (Å²) in [6, 6.07) is 15.0. The zero-order chi connectivity index (χ0) is 19.2. The maximum absolute atomic E-state index is 12.7. The highest BCUT2D eigenvalue weighted by Crippen LogP contribution is 2.19. The van der Waals surface area contributed by atoms with E-state index in [-0.39, 0.29) is 28.7 Å². The molecule has 0 heterocycles. The van der Waals surface area contributed by atoms with E-state index in [4.69, 9.17) is 0 Å². The van der Waals surface area contributed by atoms with Crippen molar-refractivity contribution < 1.29 is 18.0 Å². The van der Waals surface area contributed by atoms with Gasteiger partial charge in [-0.3, -0.25) is 9.59 Å². The maximum atomic E-state index is 12.7. The largest absolute Gasteiger partial charge is 0.332 e. The second kappa shape index (κ2) is 8.62. The highest BCUT2D eigenvalue weighted by Gasteiger charge is 2.24. The zero-order valence-electron chi connectivity index (χ0n) is 14.8. The van der Waals surface area contributed by atoms with Crippen LogP contribution in [0.5, 0.6) is 0 Å². The first kappa shape index (κ1) is 19.7. The highest BCUT2D eigenvalue weighted by atomic mass is 32.2. The number of nitrogens with zero attached hydrogens (tertiary/aromatic N) is 1. The van der Waals surface area contributed by atoms with Gasteiger partial charge in [0.1, 0.15) is 0 Å². The van der Waals surface area contributed by atoms with Crippen LogP contribution in [-0.4, -0.2) is 44.5 Å². The van der Waals surface area contributed by atoms with Crippen molar-refractivity contribution in [3.63, 3.8) is 0 Å². The van der Waals surface area contributed by atoms with Crippen LogP contribution in [0.15, 0.2) is 59.5 Å². The van der Waals surface area contributed by atoms with Gasteiger partial charge in [0.25, 0.3) is 5.91 Å². The fourth-order valence-electron chi connectivity index (χ4n) is 2.51. The first-order valence-electron chi connectivity index (χ1n) is 8.27. The van der Waals surface area contributed by atoms with Crippen LogP contribution in [0.2, 0.25) is 0 Å². The topological polar surface area (TPSA) is 83.6 Å². The molecular formula is C19H22N2O4S. The van der Waals surface area contributed by atoms with Gasteiger partial charge in [0.05, 0.1) is 22.8 Å². The first-order chi connectivity index (χ1) is 12.3.